The monoisotopic (exact) mass is 260 g/mol. The molecular weight excluding hydrogens is 251 g/mol. The standard InChI is InChI=1S/C8H9N2.HI/c1-2-10-5-3-4-8(6-9)7-10;/h3-5,7H,2H2,1H3;1H/q+1;/p-1. The number of rotatable bonds is 1. The van der Waals surface area contributed by atoms with Crippen LogP contribution in [0.2, 0.25) is 0 Å². The summed E-state index contributed by atoms with van der Waals surface area (Å²) in [7, 11) is 0. The SMILES string of the molecule is CC[n+]1cccc(C#N)c1.[I-]. The molecule has 0 aliphatic heterocycles. The van der Waals surface area contributed by atoms with E-state index in [1.165, 1.54) is 0 Å². The van der Waals surface area contributed by atoms with Crippen molar-refractivity contribution < 1.29 is 28.5 Å². The van der Waals surface area contributed by atoms with Crippen molar-refractivity contribution in [2.45, 2.75) is 13.5 Å². The first-order valence-electron chi connectivity index (χ1n) is 3.26. The molecular formula is C8H9IN2. The molecule has 0 spiro atoms. The smallest absolute Gasteiger partial charge is 0.186 e. The molecule has 0 unspecified atom stereocenters. The van der Waals surface area contributed by atoms with Gasteiger partial charge < -0.3 is 24.0 Å². The van der Waals surface area contributed by atoms with Gasteiger partial charge in [-0.3, -0.25) is 0 Å². The van der Waals surface area contributed by atoms with Crippen molar-refractivity contribution in [2.24, 2.45) is 0 Å². The quantitative estimate of drug-likeness (QED) is 0.419. The van der Waals surface area contributed by atoms with Crippen LogP contribution in [0.4, 0.5) is 0 Å². The Kier molecular flexibility index (Phi) is 4.79. The van der Waals surface area contributed by atoms with E-state index >= 15 is 0 Å². The van der Waals surface area contributed by atoms with Crippen molar-refractivity contribution in [3.8, 4) is 6.07 Å². The molecule has 0 aliphatic carbocycles. The Balaban J connectivity index is 0.000001000. The number of nitrogens with zero attached hydrogens (tertiary/aromatic N) is 2. The summed E-state index contributed by atoms with van der Waals surface area (Å²) in [4.78, 5) is 0. The molecule has 0 fully saturated rings. The fraction of sp³-hybridized carbons (Fsp3) is 0.250. The van der Waals surface area contributed by atoms with Crippen LogP contribution < -0.4 is 28.5 Å². The molecule has 58 valence electrons. The highest BCUT2D eigenvalue weighted by molar-refractivity contribution is 5.21. The second-order valence-electron chi connectivity index (χ2n) is 2.03. The van der Waals surface area contributed by atoms with Gasteiger partial charge in [-0.25, -0.2) is 4.57 Å². The van der Waals surface area contributed by atoms with Crippen LogP contribution >= 0.6 is 0 Å². The molecule has 0 saturated carbocycles. The lowest BCUT2D eigenvalue weighted by Crippen LogP contribution is -3.00. The zero-order valence-corrected chi connectivity index (χ0v) is 8.45. The fourth-order valence-electron chi connectivity index (χ4n) is 0.785. The van der Waals surface area contributed by atoms with Crippen LogP contribution in [-0.4, -0.2) is 0 Å². The average molecular weight is 260 g/mol. The number of pyridine rings is 1. The van der Waals surface area contributed by atoms with Crippen LogP contribution in [0.5, 0.6) is 0 Å². The Labute approximate surface area is 83.5 Å². The third-order valence-corrected chi connectivity index (χ3v) is 1.35. The molecule has 0 aliphatic rings. The zero-order chi connectivity index (χ0) is 7.40. The summed E-state index contributed by atoms with van der Waals surface area (Å²) in [6, 6.07) is 5.76. The van der Waals surface area contributed by atoms with Gasteiger partial charge in [0.1, 0.15) is 18.2 Å². The predicted octanol–water partition coefficient (Wildman–Crippen LogP) is -2.13. The topological polar surface area (TPSA) is 27.7 Å². The minimum absolute atomic E-state index is 0. The van der Waals surface area contributed by atoms with Gasteiger partial charge in [-0.15, -0.1) is 0 Å². The van der Waals surface area contributed by atoms with Crippen molar-refractivity contribution in [1.82, 2.24) is 0 Å². The molecule has 0 amide bonds. The first-order chi connectivity index (χ1) is 4.86. The normalized spacial score (nSPS) is 8.00. The molecule has 1 aromatic rings. The van der Waals surface area contributed by atoms with E-state index in [-0.39, 0.29) is 24.0 Å². The molecule has 0 N–H and O–H groups in total. The molecule has 1 heterocycles. The molecule has 2 nitrogen and oxygen atoms in total. The second-order valence-corrected chi connectivity index (χ2v) is 2.03. The van der Waals surface area contributed by atoms with E-state index in [0.717, 1.165) is 6.54 Å². The maximum Gasteiger partial charge on any atom is 0.186 e. The summed E-state index contributed by atoms with van der Waals surface area (Å²) in [5.74, 6) is 0. The molecule has 11 heavy (non-hydrogen) atoms. The molecule has 0 saturated heterocycles. The van der Waals surface area contributed by atoms with Crippen LogP contribution in [0.1, 0.15) is 12.5 Å². The Morgan fingerprint density at radius 1 is 1.64 bits per heavy atom. The summed E-state index contributed by atoms with van der Waals surface area (Å²) in [5.41, 5.74) is 0.712. The average Bonchev–Trinajstić information content (AvgIpc) is 2.05. The van der Waals surface area contributed by atoms with Gasteiger partial charge >= 0.3 is 0 Å². The Hall–Kier alpha value is -0.630. The van der Waals surface area contributed by atoms with Crippen LogP contribution in [0.15, 0.2) is 24.5 Å². The van der Waals surface area contributed by atoms with E-state index in [1.54, 1.807) is 6.07 Å². The zero-order valence-electron chi connectivity index (χ0n) is 6.29. The van der Waals surface area contributed by atoms with Gasteiger partial charge in [-0.05, 0) is 13.0 Å². The van der Waals surface area contributed by atoms with E-state index in [4.69, 9.17) is 5.26 Å². The number of aromatic nitrogens is 1. The van der Waals surface area contributed by atoms with Crippen molar-refractivity contribution in [3.63, 3.8) is 0 Å². The van der Waals surface area contributed by atoms with E-state index in [9.17, 15) is 0 Å². The highest BCUT2D eigenvalue weighted by atomic mass is 127. The Bertz CT molecular complexity index is 265. The number of halogens is 1. The first kappa shape index (κ1) is 10.4. The van der Waals surface area contributed by atoms with E-state index in [1.807, 2.05) is 30.0 Å². The summed E-state index contributed by atoms with van der Waals surface area (Å²) in [6.07, 6.45) is 3.78. The largest absolute Gasteiger partial charge is 1.00 e. The van der Waals surface area contributed by atoms with E-state index in [2.05, 4.69) is 6.07 Å². The van der Waals surface area contributed by atoms with Crippen molar-refractivity contribution in [2.75, 3.05) is 0 Å². The van der Waals surface area contributed by atoms with Gasteiger partial charge in [0.2, 0.25) is 0 Å². The third-order valence-electron chi connectivity index (χ3n) is 1.35. The van der Waals surface area contributed by atoms with E-state index in [0.29, 0.717) is 5.56 Å². The lowest BCUT2D eigenvalue weighted by molar-refractivity contribution is -0.693. The van der Waals surface area contributed by atoms with Crippen molar-refractivity contribution >= 4 is 0 Å². The van der Waals surface area contributed by atoms with Gasteiger partial charge in [-0.1, -0.05) is 0 Å². The number of hydrogen-bond acceptors (Lipinski definition) is 1. The Morgan fingerprint density at radius 2 is 2.36 bits per heavy atom. The highest BCUT2D eigenvalue weighted by Crippen LogP contribution is 1.89. The Morgan fingerprint density at radius 3 is 2.91 bits per heavy atom. The van der Waals surface area contributed by atoms with Crippen molar-refractivity contribution in [1.29, 1.82) is 5.26 Å². The number of nitriles is 1. The maximum absolute atomic E-state index is 8.49. The van der Waals surface area contributed by atoms with Gasteiger partial charge in [-0.2, -0.15) is 5.26 Å². The fourth-order valence-corrected chi connectivity index (χ4v) is 0.785. The van der Waals surface area contributed by atoms with Crippen molar-refractivity contribution in [3.05, 3.63) is 30.1 Å². The van der Waals surface area contributed by atoms with Crippen LogP contribution in [-0.2, 0) is 6.54 Å². The molecule has 1 aromatic heterocycles. The van der Waals surface area contributed by atoms with Gasteiger partial charge in [0, 0.05) is 6.07 Å². The summed E-state index contributed by atoms with van der Waals surface area (Å²) in [5, 5.41) is 8.49. The minimum Gasteiger partial charge on any atom is -1.00 e. The van der Waals surface area contributed by atoms with Gasteiger partial charge in [0.05, 0.1) is 0 Å². The maximum atomic E-state index is 8.49. The van der Waals surface area contributed by atoms with Crippen LogP contribution in [0, 0.1) is 11.3 Å². The summed E-state index contributed by atoms with van der Waals surface area (Å²) >= 11 is 0. The molecule has 0 radical (unpaired) electrons. The molecule has 0 bridgehead atoms. The van der Waals surface area contributed by atoms with Crippen LogP contribution in [0.25, 0.3) is 0 Å². The predicted molar refractivity (Wildman–Crippen MR) is 37.0 cm³/mol. The number of hydrogen-bond donors (Lipinski definition) is 0. The lowest BCUT2D eigenvalue weighted by Gasteiger charge is -1.88. The summed E-state index contributed by atoms with van der Waals surface area (Å²) < 4.78 is 1.97. The summed E-state index contributed by atoms with van der Waals surface area (Å²) in [6.45, 7) is 2.96. The van der Waals surface area contributed by atoms with Gasteiger partial charge in [0.25, 0.3) is 0 Å². The molecule has 3 heteroatoms. The van der Waals surface area contributed by atoms with Crippen LogP contribution in [0.3, 0.4) is 0 Å². The highest BCUT2D eigenvalue weighted by Gasteiger charge is 1.96. The third kappa shape index (κ3) is 2.85. The minimum atomic E-state index is 0. The lowest BCUT2D eigenvalue weighted by atomic mass is 10.3. The molecule has 0 aromatic carbocycles. The van der Waals surface area contributed by atoms with Gasteiger partial charge in [0.15, 0.2) is 12.4 Å². The first-order valence-corrected chi connectivity index (χ1v) is 3.26. The molecule has 1 rings (SSSR count). The van der Waals surface area contributed by atoms with E-state index < -0.39 is 0 Å². The number of aryl methyl sites for hydroxylation is 1. The second kappa shape index (κ2) is 5.08. The molecule has 0 atom stereocenters.